The predicted molar refractivity (Wildman–Crippen MR) is 73.7 cm³/mol. The average Bonchev–Trinajstić information content (AvgIpc) is 2.48. The molecule has 3 aromatic rings. The van der Waals surface area contributed by atoms with Gasteiger partial charge in [-0.2, -0.15) is 0 Å². The topological polar surface area (TPSA) is 54.8 Å². The van der Waals surface area contributed by atoms with Crippen molar-refractivity contribution < 1.29 is 0 Å². The molecule has 0 aliphatic carbocycles. The van der Waals surface area contributed by atoms with E-state index in [1.807, 2.05) is 30.1 Å². The zero-order valence-electron chi connectivity index (χ0n) is 10.6. The molecule has 0 radical (unpaired) electrons. The van der Waals surface area contributed by atoms with Crippen LogP contribution in [0.5, 0.6) is 0 Å². The maximum absolute atomic E-state index is 4.46. The van der Waals surface area contributed by atoms with Crippen molar-refractivity contribution in [2.45, 2.75) is 6.54 Å². The Bertz CT molecular complexity index is 683. The van der Waals surface area contributed by atoms with E-state index in [4.69, 9.17) is 0 Å². The van der Waals surface area contributed by atoms with Crippen LogP contribution in [0.25, 0.3) is 11.0 Å². The van der Waals surface area contributed by atoms with Crippen molar-refractivity contribution in [3.05, 3.63) is 54.6 Å². The molecule has 0 spiro atoms. The van der Waals surface area contributed by atoms with E-state index in [1.165, 1.54) is 11.9 Å². The summed E-state index contributed by atoms with van der Waals surface area (Å²) < 4.78 is 0. The number of anilines is 1. The Morgan fingerprint density at radius 1 is 1.00 bits per heavy atom. The minimum absolute atomic E-state index is 0.672. The third-order valence-corrected chi connectivity index (χ3v) is 2.85. The third kappa shape index (κ3) is 2.49. The molecule has 1 aromatic carbocycles. The fourth-order valence-electron chi connectivity index (χ4n) is 1.88. The first-order valence-corrected chi connectivity index (χ1v) is 6.01. The van der Waals surface area contributed by atoms with E-state index < -0.39 is 0 Å². The van der Waals surface area contributed by atoms with Gasteiger partial charge < -0.3 is 4.90 Å². The molecule has 5 heteroatoms. The van der Waals surface area contributed by atoms with Crippen molar-refractivity contribution in [3.8, 4) is 0 Å². The fraction of sp³-hybridized carbons (Fsp3) is 0.143. The number of hydrogen-bond acceptors (Lipinski definition) is 5. The lowest BCUT2D eigenvalue weighted by atomic mass is 10.2. The molecule has 5 nitrogen and oxygen atoms in total. The van der Waals surface area contributed by atoms with E-state index in [9.17, 15) is 0 Å². The molecule has 0 unspecified atom stereocenters. The van der Waals surface area contributed by atoms with Gasteiger partial charge in [-0.05, 0) is 5.56 Å². The molecule has 0 atom stereocenters. The van der Waals surface area contributed by atoms with Crippen molar-refractivity contribution >= 4 is 17.0 Å². The largest absolute Gasteiger partial charge is 0.340 e. The van der Waals surface area contributed by atoms with Gasteiger partial charge in [0.15, 0.2) is 0 Å². The highest BCUT2D eigenvalue weighted by Gasteiger charge is 2.06. The third-order valence-electron chi connectivity index (χ3n) is 2.85. The van der Waals surface area contributed by atoms with Gasteiger partial charge in [0.2, 0.25) is 5.95 Å². The molecular formula is C14H13N5. The van der Waals surface area contributed by atoms with Gasteiger partial charge in [-0.3, -0.25) is 0 Å². The standard InChI is InChI=1S/C14H13N5/c1-19(9-11-5-3-2-4-6-11)14-16-8-12-13(18-14)7-15-10-17-12/h2-8,10H,9H2,1H3. The van der Waals surface area contributed by atoms with Gasteiger partial charge >= 0.3 is 0 Å². The Balaban J connectivity index is 1.87. The van der Waals surface area contributed by atoms with Gasteiger partial charge in [0.25, 0.3) is 0 Å². The Hall–Kier alpha value is -2.56. The Morgan fingerprint density at radius 2 is 1.84 bits per heavy atom. The second-order valence-electron chi connectivity index (χ2n) is 4.30. The first kappa shape index (κ1) is 11.5. The molecule has 19 heavy (non-hydrogen) atoms. The minimum Gasteiger partial charge on any atom is -0.340 e. The van der Waals surface area contributed by atoms with Gasteiger partial charge in [0, 0.05) is 13.6 Å². The molecule has 0 N–H and O–H groups in total. The van der Waals surface area contributed by atoms with Crippen LogP contribution in [0.4, 0.5) is 5.95 Å². The molecule has 94 valence electrons. The highest BCUT2D eigenvalue weighted by atomic mass is 15.2. The number of rotatable bonds is 3. The van der Waals surface area contributed by atoms with Gasteiger partial charge in [-0.15, -0.1) is 0 Å². The van der Waals surface area contributed by atoms with Crippen LogP contribution < -0.4 is 4.90 Å². The fourth-order valence-corrected chi connectivity index (χ4v) is 1.88. The molecule has 0 saturated carbocycles. The molecular weight excluding hydrogens is 238 g/mol. The first-order valence-electron chi connectivity index (χ1n) is 6.01. The van der Waals surface area contributed by atoms with Crippen molar-refractivity contribution in [2.75, 3.05) is 11.9 Å². The summed E-state index contributed by atoms with van der Waals surface area (Å²) in [7, 11) is 1.97. The van der Waals surface area contributed by atoms with Crippen molar-refractivity contribution in [1.82, 2.24) is 19.9 Å². The zero-order chi connectivity index (χ0) is 13.1. The van der Waals surface area contributed by atoms with E-state index in [0.717, 1.165) is 17.6 Å². The number of nitrogens with zero attached hydrogens (tertiary/aromatic N) is 5. The summed E-state index contributed by atoms with van der Waals surface area (Å²) in [5, 5.41) is 0. The lowest BCUT2D eigenvalue weighted by Gasteiger charge is -2.16. The molecule has 2 heterocycles. The van der Waals surface area contributed by atoms with Gasteiger partial charge in [0.1, 0.15) is 17.4 Å². The number of hydrogen-bond donors (Lipinski definition) is 0. The first-order chi connectivity index (χ1) is 9.33. The van der Waals surface area contributed by atoms with Gasteiger partial charge in [0.05, 0.1) is 12.4 Å². The maximum Gasteiger partial charge on any atom is 0.226 e. The van der Waals surface area contributed by atoms with E-state index in [2.05, 4.69) is 32.1 Å². The van der Waals surface area contributed by atoms with Crippen LogP contribution in [0, 0.1) is 0 Å². The van der Waals surface area contributed by atoms with Crippen molar-refractivity contribution in [2.24, 2.45) is 0 Å². The molecule has 0 amide bonds. The van der Waals surface area contributed by atoms with Crippen LogP contribution in [0.1, 0.15) is 5.56 Å². The average molecular weight is 251 g/mol. The number of fused-ring (bicyclic) bond motifs is 1. The van der Waals surface area contributed by atoms with Crippen LogP contribution >= 0.6 is 0 Å². The summed E-state index contributed by atoms with van der Waals surface area (Å²) >= 11 is 0. The van der Waals surface area contributed by atoms with Crippen LogP contribution in [0.15, 0.2) is 49.1 Å². The molecule has 3 rings (SSSR count). The Kier molecular flexibility index (Phi) is 3.02. The summed E-state index contributed by atoms with van der Waals surface area (Å²) in [6.07, 6.45) is 4.92. The Morgan fingerprint density at radius 3 is 2.68 bits per heavy atom. The number of aromatic nitrogens is 4. The second-order valence-corrected chi connectivity index (χ2v) is 4.30. The highest BCUT2D eigenvalue weighted by molar-refractivity contribution is 5.72. The van der Waals surface area contributed by atoms with E-state index >= 15 is 0 Å². The summed E-state index contributed by atoms with van der Waals surface area (Å²) in [5.41, 5.74) is 2.73. The Labute approximate surface area is 111 Å². The molecule has 0 bridgehead atoms. The summed E-state index contributed by atoms with van der Waals surface area (Å²) in [4.78, 5) is 18.9. The van der Waals surface area contributed by atoms with Gasteiger partial charge in [-0.25, -0.2) is 19.9 Å². The zero-order valence-corrected chi connectivity index (χ0v) is 10.6. The highest BCUT2D eigenvalue weighted by Crippen LogP contribution is 2.13. The molecule has 0 aliphatic rings. The summed E-state index contributed by atoms with van der Waals surface area (Å²) in [6, 6.07) is 10.2. The number of benzene rings is 1. The monoisotopic (exact) mass is 251 g/mol. The quantitative estimate of drug-likeness (QED) is 0.713. The van der Waals surface area contributed by atoms with E-state index in [-0.39, 0.29) is 0 Å². The van der Waals surface area contributed by atoms with Crippen LogP contribution in [-0.4, -0.2) is 27.0 Å². The molecule has 0 saturated heterocycles. The smallest absolute Gasteiger partial charge is 0.226 e. The van der Waals surface area contributed by atoms with Crippen molar-refractivity contribution in [3.63, 3.8) is 0 Å². The van der Waals surface area contributed by atoms with E-state index in [1.54, 1.807) is 12.4 Å². The summed E-state index contributed by atoms with van der Waals surface area (Å²) in [5.74, 6) is 0.672. The summed E-state index contributed by atoms with van der Waals surface area (Å²) in [6.45, 7) is 0.764. The predicted octanol–water partition coefficient (Wildman–Crippen LogP) is 2.06. The van der Waals surface area contributed by atoms with Crippen molar-refractivity contribution in [1.29, 1.82) is 0 Å². The van der Waals surface area contributed by atoms with Crippen LogP contribution in [0.3, 0.4) is 0 Å². The minimum atomic E-state index is 0.672. The molecule has 2 aromatic heterocycles. The van der Waals surface area contributed by atoms with E-state index in [0.29, 0.717) is 5.95 Å². The maximum atomic E-state index is 4.46. The van der Waals surface area contributed by atoms with Crippen LogP contribution in [-0.2, 0) is 6.54 Å². The van der Waals surface area contributed by atoms with Crippen LogP contribution in [0.2, 0.25) is 0 Å². The normalized spacial score (nSPS) is 10.6. The van der Waals surface area contributed by atoms with Gasteiger partial charge in [-0.1, -0.05) is 30.3 Å². The lowest BCUT2D eigenvalue weighted by molar-refractivity contribution is 0.872. The molecule has 0 aliphatic heterocycles. The SMILES string of the molecule is CN(Cc1ccccc1)c1ncc2ncncc2n1. The second kappa shape index (κ2) is 4.97. The molecule has 0 fully saturated rings. The lowest BCUT2D eigenvalue weighted by Crippen LogP contribution is -2.19.